The molecule has 0 amide bonds. The first-order chi connectivity index (χ1) is 7.58. The molecule has 4 heteroatoms. The van der Waals surface area contributed by atoms with Crippen LogP contribution in [0.5, 0.6) is 5.75 Å². The van der Waals surface area contributed by atoms with Crippen molar-refractivity contribution in [1.29, 1.82) is 5.26 Å². The summed E-state index contributed by atoms with van der Waals surface area (Å²) in [4.78, 5) is 10.4. The minimum Gasteiger partial charge on any atom is -0.497 e. The minimum absolute atomic E-state index is 0.398. The van der Waals surface area contributed by atoms with Gasteiger partial charge in [-0.05, 0) is 36.3 Å². The number of carboxylic acids is 1. The summed E-state index contributed by atoms with van der Waals surface area (Å²) >= 11 is 0. The Morgan fingerprint density at radius 3 is 2.75 bits per heavy atom. The van der Waals surface area contributed by atoms with Crippen molar-refractivity contribution >= 4 is 12.0 Å². The number of ether oxygens (including phenoxy) is 1. The van der Waals surface area contributed by atoms with Crippen LogP contribution < -0.4 is 4.74 Å². The van der Waals surface area contributed by atoms with Gasteiger partial charge in [-0.2, -0.15) is 5.26 Å². The van der Waals surface area contributed by atoms with Crippen LogP contribution >= 0.6 is 0 Å². The van der Waals surface area contributed by atoms with Crippen LogP contribution in [0.1, 0.15) is 16.7 Å². The maximum atomic E-state index is 10.4. The highest BCUT2D eigenvalue weighted by atomic mass is 16.5. The third kappa shape index (κ3) is 2.61. The van der Waals surface area contributed by atoms with Gasteiger partial charge >= 0.3 is 5.97 Å². The molecule has 4 nitrogen and oxygen atoms in total. The Morgan fingerprint density at radius 1 is 1.56 bits per heavy atom. The lowest BCUT2D eigenvalue weighted by Gasteiger charge is -2.06. The van der Waals surface area contributed by atoms with Gasteiger partial charge < -0.3 is 9.84 Å². The molecule has 0 aliphatic rings. The minimum atomic E-state index is -1.04. The van der Waals surface area contributed by atoms with E-state index in [0.29, 0.717) is 16.9 Å². The first-order valence-corrected chi connectivity index (χ1v) is 4.58. The number of aliphatic carboxylic acids is 1. The molecule has 0 aromatic heterocycles. The molecule has 1 N–H and O–H groups in total. The van der Waals surface area contributed by atoms with Crippen LogP contribution in [0.3, 0.4) is 0 Å². The van der Waals surface area contributed by atoms with Crippen molar-refractivity contribution in [2.45, 2.75) is 6.92 Å². The maximum Gasteiger partial charge on any atom is 0.328 e. The quantitative estimate of drug-likeness (QED) is 0.786. The number of hydrogen-bond acceptors (Lipinski definition) is 3. The number of hydrogen-bond donors (Lipinski definition) is 1. The van der Waals surface area contributed by atoms with Gasteiger partial charge in [-0.1, -0.05) is 0 Å². The van der Waals surface area contributed by atoms with Crippen LogP contribution in [0.4, 0.5) is 0 Å². The van der Waals surface area contributed by atoms with Gasteiger partial charge in [0, 0.05) is 6.08 Å². The van der Waals surface area contributed by atoms with Crippen molar-refractivity contribution < 1.29 is 14.6 Å². The smallest absolute Gasteiger partial charge is 0.328 e. The normalized spacial score (nSPS) is 10.1. The van der Waals surface area contributed by atoms with Gasteiger partial charge in [0.05, 0.1) is 18.7 Å². The van der Waals surface area contributed by atoms with E-state index in [2.05, 4.69) is 0 Å². The van der Waals surface area contributed by atoms with Crippen molar-refractivity contribution in [3.63, 3.8) is 0 Å². The summed E-state index contributed by atoms with van der Waals surface area (Å²) in [5, 5.41) is 17.5. The molecule has 0 radical (unpaired) electrons. The number of carbonyl (C=O) groups is 1. The van der Waals surface area contributed by atoms with Crippen LogP contribution in [-0.4, -0.2) is 18.2 Å². The third-order valence-electron chi connectivity index (χ3n) is 2.11. The van der Waals surface area contributed by atoms with Crippen LogP contribution in [-0.2, 0) is 4.79 Å². The van der Waals surface area contributed by atoms with Gasteiger partial charge in [0.25, 0.3) is 0 Å². The van der Waals surface area contributed by atoms with Crippen molar-refractivity contribution in [2.24, 2.45) is 0 Å². The highest BCUT2D eigenvalue weighted by Gasteiger charge is 2.06. The standard InChI is InChI=1S/C12H11NO3/c1-8-5-10(16-2)6-9(7-13)11(8)3-4-12(14)15/h3-6H,1-2H3,(H,14,15)/b4-3+. The Labute approximate surface area is 93.4 Å². The Hall–Kier alpha value is -2.28. The number of aryl methyl sites for hydroxylation is 1. The van der Waals surface area contributed by atoms with Gasteiger partial charge in [-0.3, -0.25) is 0 Å². The summed E-state index contributed by atoms with van der Waals surface area (Å²) in [6.07, 6.45) is 2.42. The van der Waals surface area contributed by atoms with E-state index in [1.807, 2.05) is 6.07 Å². The molecule has 82 valence electrons. The Morgan fingerprint density at radius 2 is 2.25 bits per heavy atom. The van der Waals surface area contributed by atoms with Crippen molar-refractivity contribution in [3.05, 3.63) is 34.9 Å². The number of rotatable bonds is 3. The second-order valence-corrected chi connectivity index (χ2v) is 3.19. The fraction of sp³-hybridized carbons (Fsp3) is 0.167. The molecule has 0 unspecified atom stereocenters. The number of benzene rings is 1. The Kier molecular flexibility index (Phi) is 3.67. The highest BCUT2D eigenvalue weighted by Crippen LogP contribution is 2.22. The summed E-state index contributed by atoms with van der Waals surface area (Å²) in [6.45, 7) is 1.80. The lowest BCUT2D eigenvalue weighted by molar-refractivity contribution is -0.131. The van der Waals surface area contributed by atoms with E-state index in [-0.39, 0.29) is 0 Å². The van der Waals surface area contributed by atoms with Crippen LogP contribution in [0.2, 0.25) is 0 Å². The number of carboxylic acid groups (broad SMARTS) is 1. The first kappa shape index (κ1) is 11.8. The molecular weight excluding hydrogens is 206 g/mol. The van der Waals surface area contributed by atoms with Gasteiger partial charge in [0.2, 0.25) is 0 Å². The fourth-order valence-electron chi connectivity index (χ4n) is 1.35. The summed E-state index contributed by atoms with van der Waals surface area (Å²) in [5.41, 5.74) is 1.80. The summed E-state index contributed by atoms with van der Waals surface area (Å²) in [7, 11) is 1.52. The molecule has 0 bridgehead atoms. The summed E-state index contributed by atoms with van der Waals surface area (Å²) < 4.78 is 5.03. The van der Waals surface area contributed by atoms with Crippen molar-refractivity contribution in [2.75, 3.05) is 7.11 Å². The zero-order valence-electron chi connectivity index (χ0n) is 9.02. The van der Waals surface area contributed by atoms with E-state index >= 15 is 0 Å². The van der Waals surface area contributed by atoms with E-state index in [0.717, 1.165) is 11.6 Å². The van der Waals surface area contributed by atoms with E-state index in [1.54, 1.807) is 19.1 Å². The fourth-order valence-corrected chi connectivity index (χ4v) is 1.35. The predicted molar refractivity (Wildman–Crippen MR) is 59.1 cm³/mol. The van der Waals surface area contributed by atoms with Gasteiger partial charge in [-0.15, -0.1) is 0 Å². The molecule has 16 heavy (non-hydrogen) atoms. The van der Waals surface area contributed by atoms with Gasteiger partial charge in [0.1, 0.15) is 5.75 Å². The molecule has 0 spiro atoms. The predicted octanol–water partition coefficient (Wildman–Crippen LogP) is 1.97. The zero-order valence-corrected chi connectivity index (χ0v) is 9.02. The Bertz CT molecular complexity index is 484. The maximum absolute atomic E-state index is 10.4. The molecule has 0 atom stereocenters. The van der Waals surface area contributed by atoms with Crippen molar-refractivity contribution in [3.8, 4) is 11.8 Å². The van der Waals surface area contributed by atoms with E-state index in [4.69, 9.17) is 15.1 Å². The number of nitrogens with zero attached hydrogens (tertiary/aromatic N) is 1. The first-order valence-electron chi connectivity index (χ1n) is 4.58. The second kappa shape index (κ2) is 4.99. The number of methoxy groups -OCH3 is 1. The SMILES string of the molecule is COc1cc(C)c(/C=C/C(=O)O)c(C#N)c1. The molecule has 1 aromatic rings. The van der Waals surface area contributed by atoms with Gasteiger partial charge in [-0.25, -0.2) is 4.79 Å². The molecule has 0 saturated carbocycles. The Balaban J connectivity index is 3.28. The van der Waals surface area contributed by atoms with Crippen LogP contribution in [0.25, 0.3) is 6.08 Å². The molecule has 0 saturated heterocycles. The second-order valence-electron chi connectivity index (χ2n) is 3.19. The van der Waals surface area contributed by atoms with Gasteiger partial charge in [0.15, 0.2) is 0 Å². The monoisotopic (exact) mass is 217 g/mol. The lowest BCUT2D eigenvalue weighted by atomic mass is 10.0. The average molecular weight is 217 g/mol. The lowest BCUT2D eigenvalue weighted by Crippen LogP contribution is -1.93. The molecule has 0 aliphatic carbocycles. The third-order valence-corrected chi connectivity index (χ3v) is 2.11. The topological polar surface area (TPSA) is 70.3 Å². The van der Waals surface area contributed by atoms with E-state index < -0.39 is 5.97 Å². The zero-order chi connectivity index (χ0) is 12.1. The van der Waals surface area contributed by atoms with E-state index in [9.17, 15) is 4.79 Å². The average Bonchev–Trinajstić information content (AvgIpc) is 2.26. The van der Waals surface area contributed by atoms with Crippen LogP contribution in [0, 0.1) is 18.3 Å². The molecular formula is C12H11NO3. The summed E-state index contributed by atoms with van der Waals surface area (Å²) in [6, 6.07) is 5.34. The molecule has 1 aromatic carbocycles. The summed E-state index contributed by atoms with van der Waals surface area (Å²) in [5.74, 6) is -0.458. The van der Waals surface area contributed by atoms with Crippen molar-refractivity contribution in [1.82, 2.24) is 0 Å². The van der Waals surface area contributed by atoms with Crippen LogP contribution in [0.15, 0.2) is 18.2 Å². The highest BCUT2D eigenvalue weighted by molar-refractivity contribution is 5.86. The largest absolute Gasteiger partial charge is 0.497 e. The van der Waals surface area contributed by atoms with E-state index in [1.165, 1.54) is 13.2 Å². The molecule has 0 aliphatic heterocycles. The molecule has 0 fully saturated rings. The molecule has 0 heterocycles. The number of nitriles is 1. The molecule has 1 rings (SSSR count).